The van der Waals surface area contributed by atoms with Crippen molar-refractivity contribution in [2.75, 3.05) is 12.9 Å². The van der Waals surface area contributed by atoms with Gasteiger partial charge in [-0.2, -0.15) is 11.8 Å². The van der Waals surface area contributed by atoms with Crippen LogP contribution in [-0.4, -0.2) is 20.9 Å². The van der Waals surface area contributed by atoms with Gasteiger partial charge in [-0.1, -0.05) is 73.2 Å². The lowest BCUT2D eigenvalue weighted by Gasteiger charge is -2.22. The summed E-state index contributed by atoms with van der Waals surface area (Å²) in [5, 5.41) is 1.59. The van der Waals surface area contributed by atoms with Gasteiger partial charge in [0.1, 0.15) is 5.75 Å². The third-order valence-corrected chi connectivity index (χ3v) is 8.94. The highest BCUT2D eigenvalue weighted by Crippen LogP contribution is 2.19. The van der Waals surface area contributed by atoms with Gasteiger partial charge >= 0.3 is 0 Å². The molecule has 0 atom stereocenters. The Labute approximate surface area is 146 Å². The predicted molar refractivity (Wildman–Crippen MR) is 107 cm³/mol. The van der Waals surface area contributed by atoms with Crippen LogP contribution >= 0.6 is 11.8 Å². The van der Waals surface area contributed by atoms with E-state index in [0.717, 1.165) is 11.5 Å². The minimum Gasteiger partial charge on any atom is -0.497 e. The molecule has 0 aliphatic carbocycles. The van der Waals surface area contributed by atoms with Crippen molar-refractivity contribution in [1.29, 1.82) is 0 Å². The first-order valence-electron chi connectivity index (χ1n) is 8.38. The van der Waals surface area contributed by atoms with Crippen molar-refractivity contribution in [3.63, 3.8) is 0 Å². The molecule has 3 heteroatoms. The van der Waals surface area contributed by atoms with Crippen LogP contribution in [0.4, 0.5) is 0 Å². The van der Waals surface area contributed by atoms with Crippen LogP contribution in [0.1, 0.15) is 18.4 Å². The van der Waals surface area contributed by atoms with Gasteiger partial charge in [0.2, 0.25) is 0 Å². The van der Waals surface area contributed by atoms with Crippen LogP contribution in [0.15, 0.2) is 54.6 Å². The Balaban J connectivity index is 1.63. The molecule has 0 bridgehead atoms. The molecule has 0 spiro atoms. The summed E-state index contributed by atoms with van der Waals surface area (Å²) >= 11 is 2.04. The fraction of sp³-hybridized carbons (Fsp3) is 0.400. The number of unbranched alkanes of at least 4 members (excludes halogenated alkanes) is 1. The number of hydrogen-bond donors (Lipinski definition) is 0. The zero-order chi connectivity index (χ0) is 16.5. The van der Waals surface area contributed by atoms with Crippen molar-refractivity contribution in [2.45, 2.75) is 37.7 Å². The summed E-state index contributed by atoms with van der Waals surface area (Å²) in [4.78, 5) is 0. The van der Waals surface area contributed by atoms with E-state index in [1.807, 2.05) is 23.9 Å². The Bertz CT molecular complexity index is 566. The highest BCUT2D eigenvalue weighted by Gasteiger charge is 2.21. The number of hydrogen-bond acceptors (Lipinski definition) is 2. The van der Waals surface area contributed by atoms with Gasteiger partial charge in [-0.3, -0.25) is 0 Å². The topological polar surface area (TPSA) is 9.23 Å². The lowest BCUT2D eigenvalue weighted by atomic mass is 10.2. The highest BCUT2D eigenvalue weighted by atomic mass is 32.2. The molecule has 0 aliphatic heterocycles. The average Bonchev–Trinajstić information content (AvgIpc) is 2.59. The fourth-order valence-electron chi connectivity index (χ4n) is 2.72. The second kappa shape index (κ2) is 9.19. The molecule has 0 heterocycles. The molecule has 2 rings (SSSR count). The van der Waals surface area contributed by atoms with E-state index in [4.69, 9.17) is 4.74 Å². The molecule has 0 fully saturated rings. The molecular formula is C20H28OSSi. The maximum atomic E-state index is 5.19. The van der Waals surface area contributed by atoms with E-state index in [1.54, 1.807) is 12.3 Å². The summed E-state index contributed by atoms with van der Waals surface area (Å²) in [6, 6.07) is 20.9. The normalized spacial score (nSPS) is 11.4. The lowest BCUT2D eigenvalue weighted by molar-refractivity contribution is 0.414. The third-order valence-electron chi connectivity index (χ3n) is 4.32. The van der Waals surface area contributed by atoms with E-state index in [2.05, 4.69) is 55.6 Å². The largest absolute Gasteiger partial charge is 0.497 e. The van der Waals surface area contributed by atoms with Crippen LogP contribution in [-0.2, 0) is 5.75 Å². The van der Waals surface area contributed by atoms with Crippen LogP contribution in [0, 0.1) is 0 Å². The molecule has 124 valence electrons. The smallest absolute Gasteiger partial charge is 0.118 e. The second-order valence-corrected chi connectivity index (χ2v) is 12.6. The van der Waals surface area contributed by atoms with E-state index in [0.29, 0.717) is 0 Å². The van der Waals surface area contributed by atoms with E-state index in [1.165, 1.54) is 30.2 Å². The minimum atomic E-state index is -1.24. The van der Waals surface area contributed by atoms with Crippen LogP contribution in [0.3, 0.4) is 0 Å². The first kappa shape index (κ1) is 18.1. The predicted octanol–water partition coefficient (Wildman–Crippen LogP) is 5.32. The summed E-state index contributed by atoms with van der Waals surface area (Å²) in [5.41, 5.74) is 1.38. The van der Waals surface area contributed by atoms with Crippen molar-refractivity contribution in [3.8, 4) is 5.75 Å². The van der Waals surface area contributed by atoms with Crippen molar-refractivity contribution < 1.29 is 4.74 Å². The molecule has 0 amide bonds. The van der Waals surface area contributed by atoms with Gasteiger partial charge in [0.25, 0.3) is 0 Å². The van der Waals surface area contributed by atoms with E-state index in [9.17, 15) is 0 Å². The van der Waals surface area contributed by atoms with Crippen LogP contribution < -0.4 is 9.92 Å². The lowest BCUT2D eigenvalue weighted by Crippen LogP contribution is -2.40. The van der Waals surface area contributed by atoms with Crippen LogP contribution in [0.2, 0.25) is 19.1 Å². The van der Waals surface area contributed by atoms with Gasteiger partial charge in [-0.15, -0.1) is 0 Å². The Morgan fingerprint density at radius 2 is 1.61 bits per heavy atom. The summed E-state index contributed by atoms with van der Waals surface area (Å²) < 4.78 is 5.19. The second-order valence-electron chi connectivity index (χ2n) is 6.61. The SMILES string of the molecule is COc1ccc(CSCCCC[Si](C)(C)c2ccccc2)cc1. The van der Waals surface area contributed by atoms with E-state index >= 15 is 0 Å². The molecule has 0 N–H and O–H groups in total. The van der Waals surface area contributed by atoms with Gasteiger partial charge in [0, 0.05) is 5.75 Å². The number of ether oxygens (including phenoxy) is 1. The van der Waals surface area contributed by atoms with Crippen LogP contribution in [0.25, 0.3) is 0 Å². The summed E-state index contributed by atoms with van der Waals surface area (Å²) in [5.74, 6) is 3.29. The van der Waals surface area contributed by atoms with Gasteiger partial charge in [0.15, 0.2) is 0 Å². The highest BCUT2D eigenvalue weighted by molar-refractivity contribution is 7.98. The van der Waals surface area contributed by atoms with Crippen LogP contribution in [0.5, 0.6) is 5.75 Å². The molecule has 0 saturated heterocycles. The van der Waals surface area contributed by atoms with Gasteiger partial charge in [-0.05, 0) is 29.9 Å². The Hall–Kier alpha value is -1.19. The summed E-state index contributed by atoms with van der Waals surface area (Å²) in [7, 11) is 0.475. The summed E-state index contributed by atoms with van der Waals surface area (Å²) in [6.45, 7) is 4.99. The van der Waals surface area contributed by atoms with Crippen molar-refractivity contribution in [1.82, 2.24) is 0 Å². The Kier molecular flexibility index (Phi) is 7.25. The molecule has 2 aromatic carbocycles. The molecule has 0 aliphatic rings. The molecule has 1 nitrogen and oxygen atoms in total. The fourth-order valence-corrected chi connectivity index (χ4v) is 6.21. The maximum absolute atomic E-state index is 5.19. The van der Waals surface area contributed by atoms with Gasteiger partial charge in [-0.25, -0.2) is 0 Å². The Morgan fingerprint density at radius 1 is 0.913 bits per heavy atom. The molecule has 0 aromatic heterocycles. The first-order chi connectivity index (χ1) is 11.1. The minimum absolute atomic E-state index is 0.937. The quantitative estimate of drug-likeness (QED) is 0.449. The number of thioether (sulfide) groups is 1. The zero-order valence-corrected chi connectivity index (χ0v) is 16.4. The van der Waals surface area contributed by atoms with Gasteiger partial charge < -0.3 is 4.74 Å². The standard InChI is InChI=1S/C20H28OSSi/c1-21-19-13-11-18(12-14-19)17-22-15-7-8-16-23(2,3)20-9-5-4-6-10-20/h4-6,9-14H,7-8,15-17H2,1-3H3. The first-order valence-corrected chi connectivity index (χ1v) is 12.7. The van der Waals surface area contributed by atoms with Gasteiger partial charge in [0.05, 0.1) is 15.2 Å². The molecular weight excluding hydrogens is 316 g/mol. The van der Waals surface area contributed by atoms with Crippen molar-refractivity contribution in [2.24, 2.45) is 0 Å². The molecule has 0 unspecified atom stereocenters. The number of methoxy groups -OCH3 is 1. The molecule has 0 saturated carbocycles. The monoisotopic (exact) mass is 344 g/mol. The molecule has 23 heavy (non-hydrogen) atoms. The van der Waals surface area contributed by atoms with E-state index < -0.39 is 8.07 Å². The van der Waals surface area contributed by atoms with Crippen molar-refractivity contribution >= 4 is 25.0 Å². The van der Waals surface area contributed by atoms with Crippen molar-refractivity contribution in [3.05, 3.63) is 60.2 Å². The zero-order valence-electron chi connectivity index (χ0n) is 14.5. The maximum Gasteiger partial charge on any atom is 0.118 e. The van der Waals surface area contributed by atoms with E-state index in [-0.39, 0.29) is 0 Å². The number of benzene rings is 2. The average molecular weight is 345 g/mol. The summed E-state index contributed by atoms with van der Waals surface area (Å²) in [6.07, 6.45) is 2.67. The Morgan fingerprint density at radius 3 is 2.26 bits per heavy atom. The third kappa shape index (κ3) is 6.07. The molecule has 2 aromatic rings. The molecule has 0 radical (unpaired) electrons. The number of rotatable bonds is 9.